The molecule has 0 unspecified atom stereocenters. The second kappa shape index (κ2) is 13.7. The summed E-state index contributed by atoms with van der Waals surface area (Å²) >= 11 is 0. The maximum atomic E-state index is 13.2. The number of anilines is 2. The van der Waals surface area contributed by atoms with E-state index in [1.807, 2.05) is 42.3 Å². The molecule has 3 amide bonds. The highest BCUT2D eigenvalue weighted by Gasteiger charge is 2.23. The minimum Gasteiger partial charge on any atom is -0.354 e. The van der Waals surface area contributed by atoms with Crippen molar-refractivity contribution in [2.45, 2.75) is 32.4 Å². The van der Waals surface area contributed by atoms with Gasteiger partial charge in [0.05, 0.1) is 6.04 Å². The Hall–Kier alpha value is -4.24. The van der Waals surface area contributed by atoms with Crippen molar-refractivity contribution in [2.75, 3.05) is 31.6 Å². The molecule has 9 heteroatoms. The number of hydrogen-bond donors (Lipinski definition) is 4. The van der Waals surface area contributed by atoms with Crippen LogP contribution in [0, 0.1) is 11.7 Å². The quantitative estimate of drug-likeness (QED) is 0.245. The number of carbonyl (C=O) groups is 3. The number of hydrogen-bond acceptors (Lipinski definition) is 5. The van der Waals surface area contributed by atoms with E-state index in [9.17, 15) is 18.8 Å². The van der Waals surface area contributed by atoms with Crippen molar-refractivity contribution in [3.63, 3.8) is 0 Å². The van der Waals surface area contributed by atoms with Crippen LogP contribution in [0.3, 0.4) is 0 Å². The monoisotopic (exact) mass is 545 g/mol. The largest absolute Gasteiger partial charge is 0.354 e. The van der Waals surface area contributed by atoms with E-state index in [-0.39, 0.29) is 36.1 Å². The molecule has 0 saturated heterocycles. The normalized spacial score (nSPS) is 13.3. The summed E-state index contributed by atoms with van der Waals surface area (Å²) in [6, 6.07) is 20.2. The molecule has 40 heavy (non-hydrogen) atoms. The molecule has 0 aromatic heterocycles. The van der Waals surface area contributed by atoms with Crippen LogP contribution in [0.25, 0.3) is 0 Å². The van der Waals surface area contributed by atoms with Crippen LogP contribution in [0.4, 0.5) is 15.8 Å². The molecule has 0 bridgehead atoms. The molecule has 1 saturated carbocycles. The number of benzene rings is 3. The lowest BCUT2D eigenvalue weighted by molar-refractivity contribution is -0.122. The fraction of sp³-hybridized carbons (Fsp3) is 0.323. The van der Waals surface area contributed by atoms with Gasteiger partial charge in [-0.3, -0.25) is 14.4 Å². The summed E-state index contributed by atoms with van der Waals surface area (Å²) in [7, 11) is 1.87. The van der Waals surface area contributed by atoms with Crippen molar-refractivity contribution in [2.24, 2.45) is 5.92 Å². The average molecular weight is 546 g/mol. The molecule has 1 aliphatic rings. The predicted molar refractivity (Wildman–Crippen MR) is 154 cm³/mol. The summed E-state index contributed by atoms with van der Waals surface area (Å²) < 4.78 is 13.2. The summed E-state index contributed by atoms with van der Waals surface area (Å²) in [4.78, 5) is 40.3. The number of carbonyl (C=O) groups excluding carboxylic acids is 3. The number of halogens is 1. The van der Waals surface area contributed by atoms with Crippen molar-refractivity contribution in [3.8, 4) is 0 Å². The SMILES string of the molecule is C[C@H](NCCNC(=O)c1cc(C(=O)NCc2ccc(F)cc2)cc(N(C)c2ccccc2)c1)C(=O)NCC1CC1. The van der Waals surface area contributed by atoms with Crippen LogP contribution in [0.15, 0.2) is 72.8 Å². The molecule has 4 N–H and O–H groups in total. The van der Waals surface area contributed by atoms with Crippen LogP contribution < -0.4 is 26.2 Å². The first-order valence-electron chi connectivity index (χ1n) is 13.6. The van der Waals surface area contributed by atoms with Crippen LogP contribution in [0.1, 0.15) is 46.0 Å². The maximum Gasteiger partial charge on any atom is 0.251 e. The number of nitrogens with zero attached hydrogens (tertiary/aromatic N) is 1. The Morgan fingerprint density at radius 1 is 0.850 bits per heavy atom. The summed E-state index contributed by atoms with van der Waals surface area (Å²) in [5.41, 5.74) is 2.99. The van der Waals surface area contributed by atoms with Gasteiger partial charge < -0.3 is 26.2 Å². The standard InChI is InChI=1S/C31H36FN5O3/c1-21(29(38)35-19-22-8-9-22)33-14-15-34-30(39)24-16-25(31(40)36-20-23-10-12-26(32)13-11-23)18-28(17-24)37(2)27-6-4-3-5-7-27/h3-7,10-13,16-18,21-22,33H,8-9,14-15,19-20H2,1-2H3,(H,34,39)(H,35,38)(H,36,40)/t21-/m0/s1. The van der Waals surface area contributed by atoms with Gasteiger partial charge in [-0.25, -0.2) is 4.39 Å². The first-order chi connectivity index (χ1) is 19.3. The van der Waals surface area contributed by atoms with Gasteiger partial charge in [-0.05, 0) is 73.7 Å². The average Bonchev–Trinajstić information content (AvgIpc) is 3.82. The van der Waals surface area contributed by atoms with E-state index >= 15 is 0 Å². The van der Waals surface area contributed by atoms with Crippen molar-refractivity contribution < 1.29 is 18.8 Å². The van der Waals surface area contributed by atoms with E-state index in [4.69, 9.17) is 0 Å². The lowest BCUT2D eigenvalue weighted by Gasteiger charge is -2.21. The third-order valence-electron chi connectivity index (χ3n) is 6.86. The highest BCUT2D eigenvalue weighted by atomic mass is 19.1. The summed E-state index contributed by atoms with van der Waals surface area (Å²) in [6.07, 6.45) is 2.35. The lowest BCUT2D eigenvalue weighted by Crippen LogP contribution is -2.45. The molecule has 210 valence electrons. The molecule has 3 aromatic carbocycles. The van der Waals surface area contributed by atoms with Gasteiger partial charge in [-0.15, -0.1) is 0 Å². The molecule has 1 atom stereocenters. The molecule has 1 aliphatic carbocycles. The van der Waals surface area contributed by atoms with Crippen LogP contribution in [-0.2, 0) is 11.3 Å². The minimum atomic E-state index is -0.366. The van der Waals surface area contributed by atoms with Gasteiger partial charge in [-0.1, -0.05) is 30.3 Å². The van der Waals surface area contributed by atoms with Crippen LogP contribution in [0.2, 0.25) is 0 Å². The number of para-hydroxylation sites is 1. The van der Waals surface area contributed by atoms with Crippen molar-refractivity contribution in [1.82, 2.24) is 21.3 Å². The fourth-order valence-corrected chi connectivity index (χ4v) is 4.13. The maximum absolute atomic E-state index is 13.2. The summed E-state index contributed by atoms with van der Waals surface area (Å²) in [5, 5.41) is 11.8. The summed E-state index contributed by atoms with van der Waals surface area (Å²) in [6.45, 7) is 3.46. The molecule has 0 radical (unpaired) electrons. The fourth-order valence-electron chi connectivity index (χ4n) is 4.13. The first kappa shape index (κ1) is 28.8. The third kappa shape index (κ3) is 8.38. The van der Waals surface area contributed by atoms with Crippen LogP contribution in [-0.4, -0.2) is 50.4 Å². The van der Waals surface area contributed by atoms with Crippen molar-refractivity contribution >= 4 is 29.1 Å². The van der Waals surface area contributed by atoms with Crippen LogP contribution in [0.5, 0.6) is 0 Å². The van der Waals surface area contributed by atoms with E-state index in [1.165, 1.54) is 25.0 Å². The van der Waals surface area contributed by atoms with Gasteiger partial charge >= 0.3 is 0 Å². The van der Waals surface area contributed by atoms with Gasteiger partial charge in [0.2, 0.25) is 5.91 Å². The Kier molecular flexibility index (Phi) is 9.86. The Labute approximate surface area is 234 Å². The summed E-state index contributed by atoms with van der Waals surface area (Å²) in [5.74, 6) is -0.463. The van der Waals surface area contributed by atoms with E-state index in [0.29, 0.717) is 35.8 Å². The highest BCUT2D eigenvalue weighted by molar-refractivity contribution is 6.01. The Morgan fingerprint density at radius 2 is 1.50 bits per heavy atom. The molecule has 0 heterocycles. The Morgan fingerprint density at radius 3 is 2.15 bits per heavy atom. The molecule has 0 aliphatic heterocycles. The topological polar surface area (TPSA) is 103 Å². The van der Waals surface area contributed by atoms with Crippen LogP contribution >= 0.6 is 0 Å². The van der Waals surface area contributed by atoms with Gasteiger partial charge in [0.15, 0.2) is 0 Å². The second-order valence-electron chi connectivity index (χ2n) is 10.1. The number of rotatable bonds is 13. The Balaban J connectivity index is 1.41. The smallest absolute Gasteiger partial charge is 0.251 e. The zero-order chi connectivity index (χ0) is 28.5. The highest BCUT2D eigenvalue weighted by Crippen LogP contribution is 2.27. The van der Waals surface area contributed by atoms with E-state index in [1.54, 1.807) is 37.3 Å². The minimum absolute atomic E-state index is 0.0498. The first-order valence-corrected chi connectivity index (χ1v) is 13.6. The third-order valence-corrected chi connectivity index (χ3v) is 6.86. The molecule has 1 fully saturated rings. The van der Waals surface area contributed by atoms with E-state index < -0.39 is 0 Å². The van der Waals surface area contributed by atoms with Crippen molar-refractivity contribution in [1.29, 1.82) is 0 Å². The van der Waals surface area contributed by atoms with E-state index in [2.05, 4.69) is 21.3 Å². The van der Waals surface area contributed by atoms with Gasteiger partial charge in [0, 0.05) is 55.7 Å². The lowest BCUT2D eigenvalue weighted by atomic mass is 10.1. The van der Waals surface area contributed by atoms with Gasteiger partial charge in [0.25, 0.3) is 11.8 Å². The number of amides is 3. The number of nitrogens with one attached hydrogen (secondary N) is 4. The van der Waals surface area contributed by atoms with E-state index in [0.717, 1.165) is 17.8 Å². The molecule has 0 spiro atoms. The zero-order valence-corrected chi connectivity index (χ0v) is 22.9. The molecular weight excluding hydrogens is 509 g/mol. The molecule has 8 nitrogen and oxygen atoms in total. The molecule has 4 rings (SSSR count). The van der Waals surface area contributed by atoms with Crippen molar-refractivity contribution in [3.05, 3.63) is 95.3 Å². The second-order valence-corrected chi connectivity index (χ2v) is 10.1. The Bertz CT molecular complexity index is 1310. The predicted octanol–water partition coefficient (Wildman–Crippen LogP) is 3.76. The molecular formula is C31H36FN5O3. The van der Waals surface area contributed by atoms with Gasteiger partial charge in [0.1, 0.15) is 5.82 Å². The van der Waals surface area contributed by atoms with Gasteiger partial charge in [-0.2, -0.15) is 0 Å². The molecule has 3 aromatic rings. The zero-order valence-electron chi connectivity index (χ0n) is 22.9.